The Balaban J connectivity index is 0.00000225. The summed E-state index contributed by atoms with van der Waals surface area (Å²) in [5.41, 5.74) is 0. The van der Waals surface area contributed by atoms with E-state index < -0.39 is 5.97 Å². The maximum Gasteiger partial charge on any atom is 0.320 e. The zero-order valence-electron chi connectivity index (χ0n) is 10.3. The second kappa shape index (κ2) is 7.91. The van der Waals surface area contributed by atoms with Crippen molar-refractivity contribution < 1.29 is 9.90 Å². The Morgan fingerprint density at radius 2 is 2.00 bits per heavy atom. The van der Waals surface area contributed by atoms with Crippen molar-refractivity contribution in [2.45, 2.75) is 51.5 Å². The fourth-order valence-electron chi connectivity index (χ4n) is 2.31. The molecule has 1 N–H and O–H groups in total. The predicted octanol–water partition coefficient (Wildman–Crippen LogP) is 2.78. The van der Waals surface area contributed by atoms with E-state index >= 15 is 0 Å². The SMILES string of the molecule is CC(C(=O)O)N(C)CCCC1CCCC1.Cl. The molecule has 16 heavy (non-hydrogen) atoms. The minimum Gasteiger partial charge on any atom is -0.480 e. The van der Waals surface area contributed by atoms with Gasteiger partial charge in [-0.25, -0.2) is 0 Å². The second-order valence-corrected chi connectivity index (χ2v) is 4.79. The molecule has 1 aliphatic rings. The number of rotatable bonds is 6. The molecular formula is C12H24ClNO2. The largest absolute Gasteiger partial charge is 0.480 e. The zero-order chi connectivity index (χ0) is 11.3. The van der Waals surface area contributed by atoms with Crippen LogP contribution in [0.2, 0.25) is 0 Å². The molecule has 1 fully saturated rings. The average Bonchev–Trinajstić information content (AvgIpc) is 2.69. The van der Waals surface area contributed by atoms with Crippen molar-refractivity contribution in [2.75, 3.05) is 13.6 Å². The number of carboxylic acids is 1. The van der Waals surface area contributed by atoms with E-state index in [0.717, 1.165) is 18.9 Å². The molecule has 0 amide bonds. The molecule has 0 aromatic heterocycles. The smallest absolute Gasteiger partial charge is 0.320 e. The molecule has 96 valence electrons. The van der Waals surface area contributed by atoms with Crippen LogP contribution in [0.1, 0.15) is 45.4 Å². The molecule has 3 nitrogen and oxygen atoms in total. The van der Waals surface area contributed by atoms with Crippen LogP contribution in [-0.4, -0.2) is 35.6 Å². The van der Waals surface area contributed by atoms with Gasteiger partial charge in [0.05, 0.1) is 0 Å². The maximum absolute atomic E-state index is 10.7. The summed E-state index contributed by atoms with van der Waals surface area (Å²) in [5.74, 6) is 0.192. The molecule has 1 saturated carbocycles. The van der Waals surface area contributed by atoms with Gasteiger partial charge in [0, 0.05) is 0 Å². The summed E-state index contributed by atoms with van der Waals surface area (Å²) in [7, 11) is 1.90. The number of hydrogen-bond acceptors (Lipinski definition) is 2. The number of carbonyl (C=O) groups is 1. The summed E-state index contributed by atoms with van der Waals surface area (Å²) in [4.78, 5) is 12.6. The van der Waals surface area contributed by atoms with Gasteiger partial charge in [0.25, 0.3) is 0 Å². The molecule has 1 aliphatic carbocycles. The van der Waals surface area contributed by atoms with Gasteiger partial charge in [-0.3, -0.25) is 9.69 Å². The molecule has 0 saturated heterocycles. The third kappa shape index (κ3) is 5.17. The molecule has 1 rings (SSSR count). The Labute approximate surface area is 105 Å². The van der Waals surface area contributed by atoms with Crippen LogP contribution in [0.3, 0.4) is 0 Å². The monoisotopic (exact) mass is 249 g/mol. The van der Waals surface area contributed by atoms with Crippen molar-refractivity contribution in [3.05, 3.63) is 0 Å². The molecule has 0 bridgehead atoms. The van der Waals surface area contributed by atoms with Crippen molar-refractivity contribution in [2.24, 2.45) is 5.92 Å². The number of halogens is 1. The van der Waals surface area contributed by atoms with Crippen molar-refractivity contribution >= 4 is 18.4 Å². The van der Waals surface area contributed by atoms with Crippen LogP contribution in [0.4, 0.5) is 0 Å². The third-order valence-corrected chi connectivity index (χ3v) is 3.62. The first-order valence-electron chi connectivity index (χ1n) is 6.04. The van der Waals surface area contributed by atoms with Gasteiger partial charge in [0.2, 0.25) is 0 Å². The Kier molecular flexibility index (Phi) is 7.77. The van der Waals surface area contributed by atoms with E-state index in [9.17, 15) is 4.79 Å². The van der Waals surface area contributed by atoms with Crippen molar-refractivity contribution in [1.29, 1.82) is 0 Å². The highest BCUT2D eigenvalue weighted by Crippen LogP contribution is 2.28. The quantitative estimate of drug-likeness (QED) is 0.787. The van der Waals surface area contributed by atoms with Crippen LogP contribution in [0, 0.1) is 5.92 Å². The number of likely N-dealkylation sites (N-methyl/N-ethyl adjacent to an activating group) is 1. The molecule has 0 aliphatic heterocycles. The number of aliphatic carboxylic acids is 1. The normalized spacial score (nSPS) is 18.4. The van der Waals surface area contributed by atoms with Gasteiger partial charge >= 0.3 is 5.97 Å². The second-order valence-electron chi connectivity index (χ2n) is 4.79. The highest BCUT2D eigenvalue weighted by Gasteiger charge is 2.18. The number of hydrogen-bond donors (Lipinski definition) is 1. The first-order valence-corrected chi connectivity index (χ1v) is 6.04. The van der Waals surface area contributed by atoms with Crippen LogP contribution in [0.25, 0.3) is 0 Å². The Morgan fingerprint density at radius 3 is 2.50 bits per heavy atom. The van der Waals surface area contributed by atoms with Gasteiger partial charge < -0.3 is 5.11 Å². The van der Waals surface area contributed by atoms with E-state index in [1.165, 1.54) is 32.1 Å². The molecule has 0 aromatic carbocycles. The van der Waals surface area contributed by atoms with E-state index in [0.29, 0.717) is 0 Å². The van der Waals surface area contributed by atoms with Gasteiger partial charge in [-0.1, -0.05) is 25.7 Å². The van der Waals surface area contributed by atoms with Gasteiger partial charge in [0.15, 0.2) is 0 Å². The molecule has 4 heteroatoms. The highest BCUT2D eigenvalue weighted by atomic mass is 35.5. The average molecular weight is 250 g/mol. The summed E-state index contributed by atoms with van der Waals surface area (Å²) in [5, 5.41) is 8.82. The first kappa shape index (κ1) is 15.7. The summed E-state index contributed by atoms with van der Waals surface area (Å²) < 4.78 is 0. The van der Waals surface area contributed by atoms with E-state index in [4.69, 9.17) is 5.11 Å². The number of carboxylic acid groups (broad SMARTS) is 1. The third-order valence-electron chi connectivity index (χ3n) is 3.62. The van der Waals surface area contributed by atoms with Crippen LogP contribution in [0.15, 0.2) is 0 Å². The standard InChI is InChI=1S/C12H23NO2.ClH/c1-10(12(14)15)13(2)9-5-8-11-6-3-4-7-11;/h10-11H,3-9H2,1-2H3,(H,14,15);1H. The first-order chi connectivity index (χ1) is 7.11. The van der Waals surface area contributed by atoms with Crippen LogP contribution in [0.5, 0.6) is 0 Å². The van der Waals surface area contributed by atoms with Crippen molar-refractivity contribution in [3.63, 3.8) is 0 Å². The molecule has 0 spiro atoms. The molecule has 0 radical (unpaired) electrons. The van der Waals surface area contributed by atoms with Crippen molar-refractivity contribution in [3.8, 4) is 0 Å². The molecular weight excluding hydrogens is 226 g/mol. The van der Waals surface area contributed by atoms with Gasteiger partial charge in [-0.05, 0) is 39.3 Å². The van der Waals surface area contributed by atoms with Crippen molar-refractivity contribution in [1.82, 2.24) is 4.90 Å². The Hall–Kier alpha value is -0.280. The molecule has 1 unspecified atom stereocenters. The highest BCUT2D eigenvalue weighted by molar-refractivity contribution is 5.85. The van der Waals surface area contributed by atoms with Crippen LogP contribution >= 0.6 is 12.4 Å². The molecule has 0 heterocycles. The van der Waals surface area contributed by atoms with Gasteiger partial charge in [0.1, 0.15) is 6.04 Å². The van der Waals surface area contributed by atoms with Crippen LogP contribution < -0.4 is 0 Å². The number of nitrogens with zero attached hydrogens (tertiary/aromatic N) is 1. The summed E-state index contributed by atoms with van der Waals surface area (Å²) in [6.07, 6.45) is 7.98. The molecule has 1 atom stereocenters. The Morgan fingerprint density at radius 1 is 1.44 bits per heavy atom. The van der Waals surface area contributed by atoms with Gasteiger partial charge in [-0.2, -0.15) is 0 Å². The lowest BCUT2D eigenvalue weighted by Crippen LogP contribution is -2.36. The minimum absolute atomic E-state index is 0. The zero-order valence-corrected chi connectivity index (χ0v) is 11.1. The van der Waals surface area contributed by atoms with Gasteiger partial charge in [-0.15, -0.1) is 12.4 Å². The summed E-state index contributed by atoms with van der Waals surface area (Å²) >= 11 is 0. The fraction of sp³-hybridized carbons (Fsp3) is 0.917. The lowest BCUT2D eigenvalue weighted by atomic mass is 10.0. The van der Waals surface area contributed by atoms with E-state index in [1.807, 2.05) is 11.9 Å². The lowest BCUT2D eigenvalue weighted by Gasteiger charge is -2.21. The maximum atomic E-state index is 10.7. The topological polar surface area (TPSA) is 40.5 Å². The minimum atomic E-state index is -0.724. The predicted molar refractivity (Wildman–Crippen MR) is 68.2 cm³/mol. The fourth-order valence-corrected chi connectivity index (χ4v) is 2.31. The van der Waals surface area contributed by atoms with E-state index in [2.05, 4.69) is 0 Å². The van der Waals surface area contributed by atoms with E-state index in [-0.39, 0.29) is 18.4 Å². The lowest BCUT2D eigenvalue weighted by molar-refractivity contribution is -0.142. The summed E-state index contributed by atoms with van der Waals surface area (Å²) in [6.45, 7) is 2.65. The summed E-state index contributed by atoms with van der Waals surface area (Å²) in [6, 6.07) is -0.353. The van der Waals surface area contributed by atoms with E-state index in [1.54, 1.807) is 6.92 Å². The van der Waals surface area contributed by atoms with Crippen LogP contribution in [-0.2, 0) is 4.79 Å². The Bertz CT molecular complexity index is 205. The molecule has 0 aromatic rings.